The number of pyridine rings is 1. The number of carbonyl (C=O) groups excluding carboxylic acids is 1. The van der Waals surface area contributed by atoms with Crippen LogP contribution in [0.1, 0.15) is 17.4 Å². The molecule has 0 radical (unpaired) electrons. The molecule has 1 aromatic heterocycles. The van der Waals surface area contributed by atoms with Crippen molar-refractivity contribution in [1.29, 1.82) is 0 Å². The maximum atomic E-state index is 12.0. The van der Waals surface area contributed by atoms with Crippen LogP contribution in [0.25, 0.3) is 0 Å². The maximum absolute atomic E-state index is 12.0. The van der Waals surface area contributed by atoms with Crippen LogP contribution in [0.2, 0.25) is 5.02 Å². The third-order valence-corrected chi connectivity index (χ3v) is 2.95. The standard InChI is InChI=1S/C11H14ClN3OS/c1-7(10(13)17)6-15(2)11(16)9-4-3-8(12)5-14-9/h3-5,7H,6H2,1-2H3,(H2,13,17). The van der Waals surface area contributed by atoms with Gasteiger partial charge in [-0.3, -0.25) is 4.79 Å². The number of hydrogen-bond donors (Lipinski definition) is 1. The molecule has 1 aromatic rings. The number of aromatic nitrogens is 1. The number of amides is 1. The molecular formula is C11H14ClN3OS. The van der Waals surface area contributed by atoms with Gasteiger partial charge in [0.2, 0.25) is 0 Å². The van der Waals surface area contributed by atoms with Gasteiger partial charge in [-0.15, -0.1) is 0 Å². The van der Waals surface area contributed by atoms with Crippen molar-refractivity contribution in [3.8, 4) is 0 Å². The predicted octanol–water partition coefficient (Wildman–Crippen LogP) is 1.73. The highest BCUT2D eigenvalue weighted by molar-refractivity contribution is 7.80. The minimum absolute atomic E-state index is 0.0220. The van der Waals surface area contributed by atoms with Gasteiger partial charge in [0, 0.05) is 25.7 Å². The molecule has 0 aliphatic heterocycles. The van der Waals surface area contributed by atoms with E-state index < -0.39 is 0 Å². The predicted molar refractivity (Wildman–Crippen MR) is 72.2 cm³/mol. The first-order valence-corrected chi connectivity index (χ1v) is 5.86. The summed E-state index contributed by atoms with van der Waals surface area (Å²) in [7, 11) is 1.69. The van der Waals surface area contributed by atoms with E-state index >= 15 is 0 Å². The molecule has 6 heteroatoms. The van der Waals surface area contributed by atoms with Crippen molar-refractivity contribution in [2.75, 3.05) is 13.6 Å². The normalized spacial score (nSPS) is 11.9. The number of rotatable bonds is 4. The molecule has 0 aliphatic rings. The summed E-state index contributed by atoms with van der Waals surface area (Å²) in [5.74, 6) is -0.198. The monoisotopic (exact) mass is 271 g/mol. The third-order valence-electron chi connectivity index (χ3n) is 2.33. The van der Waals surface area contributed by atoms with Gasteiger partial charge in [-0.25, -0.2) is 4.98 Å². The Bertz CT molecular complexity index is 421. The van der Waals surface area contributed by atoms with Crippen LogP contribution in [0.5, 0.6) is 0 Å². The Morgan fingerprint density at radius 3 is 2.76 bits per heavy atom. The smallest absolute Gasteiger partial charge is 0.272 e. The van der Waals surface area contributed by atoms with Gasteiger partial charge in [0.1, 0.15) is 5.69 Å². The van der Waals surface area contributed by atoms with E-state index in [0.29, 0.717) is 22.2 Å². The highest BCUT2D eigenvalue weighted by Crippen LogP contribution is 2.09. The zero-order valence-corrected chi connectivity index (χ0v) is 11.3. The second-order valence-electron chi connectivity index (χ2n) is 3.85. The SMILES string of the molecule is CC(CN(C)C(=O)c1ccc(Cl)cn1)C(N)=S. The van der Waals surface area contributed by atoms with Gasteiger partial charge in [0.05, 0.1) is 10.0 Å². The van der Waals surface area contributed by atoms with Crippen LogP contribution >= 0.6 is 23.8 Å². The van der Waals surface area contributed by atoms with E-state index in [2.05, 4.69) is 4.98 Å². The molecule has 2 N–H and O–H groups in total. The van der Waals surface area contributed by atoms with Crippen molar-refractivity contribution in [2.45, 2.75) is 6.92 Å². The van der Waals surface area contributed by atoms with Crippen molar-refractivity contribution in [1.82, 2.24) is 9.88 Å². The lowest BCUT2D eigenvalue weighted by Gasteiger charge is -2.20. The third kappa shape index (κ3) is 3.94. The van der Waals surface area contributed by atoms with Gasteiger partial charge in [-0.1, -0.05) is 30.7 Å². The van der Waals surface area contributed by atoms with Crippen LogP contribution in [0, 0.1) is 5.92 Å². The van der Waals surface area contributed by atoms with Crippen LogP contribution in [-0.2, 0) is 0 Å². The Morgan fingerprint density at radius 2 is 2.29 bits per heavy atom. The number of carbonyl (C=O) groups is 1. The van der Waals surface area contributed by atoms with Crippen molar-refractivity contribution < 1.29 is 4.79 Å². The first-order valence-electron chi connectivity index (χ1n) is 5.08. The summed E-state index contributed by atoms with van der Waals surface area (Å²) in [6, 6.07) is 3.22. The van der Waals surface area contributed by atoms with Crippen LogP contribution in [0.4, 0.5) is 0 Å². The van der Waals surface area contributed by atoms with E-state index in [4.69, 9.17) is 29.6 Å². The molecule has 1 unspecified atom stereocenters. The molecule has 0 saturated heterocycles. The van der Waals surface area contributed by atoms with E-state index in [-0.39, 0.29) is 11.8 Å². The van der Waals surface area contributed by atoms with E-state index in [0.717, 1.165) is 0 Å². The summed E-state index contributed by atoms with van der Waals surface area (Å²) in [5.41, 5.74) is 5.86. The number of hydrogen-bond acceptors (Lipinski definition) is 3. The van der Waals surface area contributed by atoms with Crippen molar-refractivity contribution in [3.63, 3.8) is 0 Å². The Morgan fingerprint density at radius 1 is 1.65 bits per heavy atom. The first kappa shape index (κ1) is 13.9. The van der Waals surface area contributed by atoms with E-state index in [9.17, 15) is 4.79 Å². The fourth-order valence-electron chi connectivity index (χ4n) is 1.28. The highest BCUT2D eigenvalue weighted by atomic mass is 35.5. The lowest BCUT2D eigenvalue weighted by atomic mass is 10.1. The van der Waals surface area contributed by atoms with Gasteiger partial charge in [0.25, 0.3) is 5.91 Å². The van der Waals surface area contributed by atoms with Gasteiger partial charge in [-0.2, -0.15) is 0 Å². The average molecular weight is 272 g/mol. The quantitative estimate of drug-likeness (QED) is 0.848. The summed E-state index contributed by atoms with van der Waals surface area (Å²) in [6.45, 7) is 2.35. The molecule has 1 rings (SSSR count). The Balaban J connectivity index is 2.70. The molecule has 1 atom stereocenters. The van der Waals surface area contributed by atoms with Crippen molar-refractivity contribution >= 4 is 34.7 Å². The maximum Gasteiger partial charge on any atom is 0.272 e. The zero-order chi connectivity index (χ0) is 13.0. The molecule has 92 valence electrons. The van der Waals surface area contributed by atoms with Crippen LogP contribution in [-0.4, -0.2) is 34.4 Å². The van der Waals surface area contributed by atoms with E-state index in [1.165, 1.54) is 6.20 Å². The topological polar surface area (TPSA) is 59.2 Å². The second-order valence-corrected chi connectivity index (χ2v) is 4.76. The first-order chi connectivity index (χ1) is 7.91. The molecule has 1 heterocycles. The molecule has 4 nitrogen and oxygen atoms in total. The average Bonchev–Trinajstić information content (AvgIpc) is 2.28. The van der Waals surface area contributed by atoms with Gasteiger partial charge < -0.3 is 10.6 Å². The summed E-state index contributed by atoms with van der Waals surface area (Å²) in [6.07, 6.45) is 1.44. The minimum atomic E-state index is -0.176. The molecule has 0 aliphatic carbocycles. The molecule has 1 amide bonds. The molecule has 0 bridgehead atoms. The molecule has 17 heavy (non-hydrogen) atoms. The summed E-state index contributed by atoms with van der Waals surface area (Å²) >= 11 is 10.6. The van der Waals surface area contributed by atoms with Crippen molar-refractivity contribution in [2.24, 2.45) is 11.7 Å². The van der Waals surface area contributed by atoms with Gasteiger partial charge in [-0.05, 0) is 12.1 Å². The fourth-order valence-corrected chi connectivity index (χ4v) is 1.47. The molecule has 0 fully saturated rings. The Hall–Kier alpha value is -1.20. The number of nitrogens with zero attached hydrogens (tertiary/aromatic N) is 2. The largest absolute Gasteiger partial charge is 0.393 e. The minimum Gasteiger partial charge on any atom is -0.393 e. The van der Waals surface area contributed by atoms with Crippen LogP contribution in [0.3, 0.4) is 0 Å². The second kappa shape index (κ2) is 5.93. The van der Waals surface area contributed by atoms with Crippen molar-refractivity contribution in [3.05, 3.63) is 29.0 Å². The Labute approximate surface area is 111 Å². The number of halogens is 1. The molecule has 0 aromatic carbocycles. The molecular weight excluding hydrogens is 258 g/mol. The van der Waals surface area contributed by atoms with E-state index in [1.54, 1.807) is 24.1 Å². The molecule has 0 saturated carbocycles. The van der Waals surface area contributed by atoms with Crippen LogP contribution < -0.4 is 5.73 Å². The summed E-state index contributed by atoms with van der Waals surface area (Å²) in [5, 5.41) is 0.501. The summed E-state index contributed by atoms with van der Waals surface area (Å²) in [4.78, 5) is 17.9. The zero-order valence-electron chi connectivity index (χ0n) is 9.68. The highest BCUT2D eigenvalue weighted by Gasteiger charge is 2.16. The van der Waals surface area contributed by atoms with Crippen LogP contribution in [0.15, 0.2) is 18.3 Å². The Kier molecular flexibility index (Phi) is 4.84. The van der Waals surface area contributed by atoms with Gasteiger partial charge in [0.15, 0.2) is 0 Å². The summed E-state index contributed by atoms with van der Waals surface area (Å²) < 4.78 is 0. The lowest BCUT2D eigenvalue weighted by Crippen LogP contribution is -2.35. The fraction of sp³-hybridized carbons (Fsp3) is 0.364. The van der Waals surface area contributed by atoms with Gasteiger partial charge >= 0.3 is 0 Å². The molecule has 0 spiro atoms. The van der Waals surface area contributed by atoms with E-state index in [1.807, 2.05) is 6.92 Å². The number of nitrogens with two attached hydrogens (primary N) is 1. The number of thiocarbonyl (C=S) groups is 1. The lowest BCUT2D eigenvalue weighted by molar-refractivity contribution is 0.0781.